The molecule has 1 aromatic rings. The number of hydrogen-bond acceptors (Lipinski definition) is 2. The topological polar surface area (TPSA) is 22.1 Å². The first-order valence-corrected chi connectivity index (χ1v) is 5.81. The zero-order valence-electron chi connectivity index (χ0n) is 9.32. The largest absolute Gasteiger partial charge is 0.382 e. The number of aromatic nitrogens is 1. The van der Waals surface area contributed by atoms with Crippen LogP contribution < -0.4 is 0 Å². The average molecular weight is 228 g/mol. The normalized spacial score (nSPS) is 14.9. The highest BCUT2D eigenvalue weighted by molar-refractivity contribution is 6.21. The first-order valence-electron chi connectivity index (χ1n) is 5.37. The maximum atomic E-state index is 6.30. The quantitative estimate of drug-likeness (QED) is 0.550. The van der Waals surface area contributed by atoms with Crippen LogP contribution in [0.25, 0.3) is 0 Å². The van der Waals surface area contributed by atoms with Gasteiger partial charge in [-0.15, -0.1) is 11.6 Å². The lowest BCUT2D eigenvalue weighted by Gasteiger charge is -2.17. The molecule has 0 saturated carbocycles. The SMILES string of the molecule is CCOCCC(Cl)C(C)c1ccncc1. The van der Waals surface area contributed by atoms with Gasteiger partial charge in [-0.05, 0) is 37.0 Å². The lowest BCUT2D eigenvalue weighted by Crippen LogP contribution is -2.12. The van der Waals surface area contributed by atoms with E-state index in [2.05, 4.69) is 11.9 Å². The number of nitrogens with zero attached hydrogens (tertiary/aromatic N) is 1. The first-order chi connectivity index (χ1) is 7.25. The fourth-order valence-electron chi connectivity index (χ4n) is 1.47. The summed E-state index contributed by atoms with van der Waals surface area (Å²) in [5.41, 5.74) is 1.24. The van der Waals surface area contributed by atoms with Gasteiger partial charge >= 0.3 is 0 Å². The maximum Gasteiger partial charge on any atom is 0.0480 e. The van der Waals surface area contributed by atoms with Crippen molar-refractivity contribution in [2.24, 2.45) is 0 Å². The predicted molar refractivity (Wildman–Crippen MR) is 63.4 cm³/mol. The highest BCUT2D eigenvalue weighted by Gasteiger charge is 2.15. The number of rotatable bonds is 6. The zero-order valence-corrected chi connectivity index (χ0v) is 10.1. The average Bonchev–Trinajstić information content (AvgIpc) is 2.29. The zero-order chi connectivity index (χ0) is 11.1. The molecule has 0 bridgehead atoms. The smallest absolute Gasteiger partial charge is 0.0480 e. The van der Waals surface area contributed by atoms with E-state index in [4.69, 9.17) is 16.3 Å². The Morgan fingerprint density at radius 2 is 2.07 bits per heavy atom. The molecule has 0 aromatic carbocycles. The Bertz CT molecular complexity index is 266. The molecule has 1 rings (SSSR count). The van der Waals surface area contributed by atoms with E-state index >= 15 is 0 Å². The summed E-state index contributed by atoms with van der Waals surface area (Å²) >= 11 is 6.30. The van der Waals surface area contributed by atoms with Gasteiger partial charge in [0, 0.05) is 31.0 Å². The van der Waals surface area contributed by atoms with Gasteiger partial charge in [-0.2, -0.15) is 0 Å². The summed E-state index contributed by atoms with van der Waals surface area (Å²) in [5, 5.41) is 0.124. The van der Waals surface area contributed by atoms with E-state index in [9.17, 15) is 0 Å². The van der Waals surface area contributed by atoms with Crippen LogP contribution in [-0.4, -0.2) is 23.6 Å². The van der Waals surface area contributed by atoms with Crippen molar-refractivity contribution in [2.75, 3.05) is 13.2 Å². The van der Waals surface area contributed by atoms with Crippen molar-refractivity contribution in [3.63, 3.8) is 0 Å². The summed E-state index contributed by atoms with van der Waals surface area (Å²) < 4.78 is 5.29. The summed E-state index contributed by atoms with van der Waals surface area (Å²) in [6.45, 7) is 5.63. The molecule has 1 heterocycles. The van der Waals surface area contributed by atoms with Crippen molar-refractivity contribution in [3.05, 3.63) is 30.1 Å². The Morgan fingerprint density at radius 3 is 2.67 bits per heavy atom. The van der Waals surface area contributed by atoms with Crippen LogP contribution in [0, 0.1) is 0 Å². The van der Waals surface area contributed by atoms with Gasteiger partial charge in [-0.1, -0.05) is 6.92 Å². The second kappa shape index (κ2) is 6.81. The first kappa shape index (κ1) is 12.5. The minimum absolute atomic E-state index is 0.124. The Balaban J connectivity index is 2.42. The van der Waals surface area contributed by atoms with Crippen LogP contribution in [-0.2, 0) is 4.74 Å². The highest BCUT2D eigenvalue weighted by Crippen LogP contribution is 2.24. The summed E-state index contributed by atoms with van der Waals surface area (Å²) in [5.74, 6) is 0.343. The van der Waals surface area contributed by atoms with Gasteiger partial charge < -0.3 is 4.74 Å². The summed E-state index contributed by atoms with van der Waals surface area (Å²) in [6.07, 6.45) is 4.49. The van der Waals surface area contributed by atoms with Crippen LogP contribution in [0.5, 0.6) is 0 Å². The van der Waals surface area contributed by atoms with E-state index in [0.29, 0.717) is 5.92 Å². The number of pyridine rings is 1. The van der Waals surface area contributed by atoms with Crippen molar-refractivity contribution >= 4 is 11.6 Å². The minimum atomic E-state index is 0.124. The highest BCUT2D eigenvalue weighted by atomic mass is 35.5. The number of halogens is 1. The molecule has 2 atom stereocenters. The molecule has 0 spiro atoms. The van der Waals surface area contributed by atoms with E-state index in [1.54, 1.807) is 12.4 Å². The van der Waals surface area contributed by atoms with Gasteiger partial charge in [0.05, 0.1) is 0 Å². The van der Waals surface area contributed by atoms with E-state index in [1.807, 2.05) is 19.1 Å². The molecule has 0 N–H and O–H groups in total. The molecule has 1 aromatic heterocycles. The van der Waals surface area contributed by atoms with Crippen LogP contribution >= 0.6 is 11.6 Å². The minimum Gasteiger partial charge on any atom is -0.382 e. The molecule has 0 amide bonds. The molecular weight excluding hydrogens is 210 g/mol. The van der Waals surface area contributed by atoms with E-state index in [1.165, 1.54) is 5.56 Å². The third-order valence-corrected chi connectivity index (χ3v) is 3.11. The molecule has 0 fully saturated rings. The lowest BCUT2D eigenvalue weighted by atomic mass is 9.97. The summed E-state index contributed by atoms with van der Waals surface area (Å²) in [4.78, 5) is 3.99. The molecule has 15 heavy (non-hydrogen) atoms. The third kappa shape index (κ3) is 4.18. The lowest BCUT2D eigenvalue weighted by molar-refractivity contribution is 0.143. The van der Waals surface area contributed by atoms with Crippen LogP contribution in [0.4, 0.5) is 0 Å². The van der Waals surface area contributed by atoms with Crippen LogP contribution in [0.1, 0.15) is 31.7 Å². The van der Waals surface area contributed by atoms with Crippen molar-refractivity contribution in [3.8, 4) is 0 Å². The van der Waals surface area contributed by atoms with Gasteiger partial charge in [0.25, 0.3) is 0 Å². The van der Waals surface area contributed by atoms with E-state index in [0.717, 1.165) is 19.6 Å². The van der Waals surface area contributed by atoms with Gasteiger partial charge in [0.1, 0.15) is 0 Å². The number of ether oxygens (including phenoxy) is 1. The van der Waals surface area contributed by atoms with Crippen LogP contribution in [0.2, 0.25) is 0 Å². The summed E-state index contributed by atoms with van der Waals surface area (Å²) in [7, 11) is 0. The number of hydrogen-bond donors (Lipinski definition) is 0. The van der Waals surface area contributed by atoms with Crippen LogP contribution in [0.3, 0.4) is 0 Å². The standard InChI is InChI=1S/C12H18ClNO/c1-3-15-9-6-12(13)10(2)11-4-7-14-8-5-11/h4-5,7-8,10,12H,3,6,9H2,1-2H3. The molecule has 3 heteroatoms. The Morgan fingerprint density at radius 1 is 1.40 bits per heavy atom. The fourth-order valence-corrected chi connectivity index (χ4v) is 1.70. The Kier molecular flexibility index (Phi) is 5.66. The fraction of sp³-hybridized carbons (Fsp3) is 0.583. The van der Waals surface area contributed by atoms with Crippen molar-refractivity contribution in [2.45, 2.75) is 31.6 Å². The van der Waals surface area contributed by atoms with Crippen LogP contribution in [0.15, 0.2) is 24.5 Å². The Labute approximate surface area is 96.6 Å². The van der Waals surface area contributed by atoms with Crippen molar-refractivity contribution in [1.82, 2.24) is 4.98 Å². The summed E-state index contributed by atoms with van der Waals surface area (Å²) in [6, 6.07) is 4.03. The van der Waals surface area contributed by atoms with Gasteiger partial charge in [0.2, 0.25) is 0 Å². The molecule has 0 radical (unpaired) electrons. The molecule has 0 aliphatic heterocycles. The van der Waals surface area contributed by atoms with E-state index in [-0.39, 0.29) is 5.38 Å². The predicted octanol–water partition coefficient (Wildman–Crippen LogP) is 3.22. The second-order valence-corrected chi connectivity index (χ2v) is 4.13. The van der Waals surface area contributed by atoms with Gasteiger partial charge in [-0.25, -0.2) is 0 Å². The van der Waals surface area contributed by atoms with E-state index < -0.39 is 0 Å². The molecular formula is C12H18ClNO. The third-order valence-electron chi connectivity index (χ3n) is 2.52. The molecule has 0 aliphatic carbocycles. The molecule has 84 valence electrons. The van der Waals surface area contributed by atoms with Crippen molar-refractivity contribution in [1.29, 1.82) is 0 Å². The maximum absolute atomic E-state index is 6.30. The molecule has 0 aliphatic rings. The van der Waals surface area contributed by atoms with Gasteiger partial charge in [-0.3, -0.25) is 4.98 Å². The number of alkyl halides is 1. The Hall–Kier alpha value is -0.600. The van der Waals surface area contributed by atoms with Gasteiger partial charge in [0.15, 0.2) is 0 Å². The second-order valence-electron chi connectivity index (χ2n) is 3.57. The molecule has 0 saturated heterocycles. The van der Waals surface area contributed by atoms with Crippen molar-refractivity contribution < 1.29 is 4.74 Å². The molecule has 2 unspecified atom stereocenters. The molecule has 2 nitrogen and oxygen atoms in total. The monoisotopic (exact) mass is 227 g/mol.